The highest BCUT2D eigenvalue weighted by molar-refractivity contribution is 5.85. The molecule has 0 radical (unpaired) electrons. The van der Waals surface area contributed by atoms with Crippen LogP contribution in [-0.2, 0) is 13.0 Å². The first-order chi connectivity index (χ1) is 10.6. The molecule has 0 bridgehead atoms. The van der Waals surface area contributed by atoms with Gasteiger partial charge in [-0.05, 0) is 55.5 Å². The zero-order chi connectivity index (χ0) is 15.7. The van der Waals surface area contributed by atoms with Crippen LogP contribution in [0.2, 0.25) is 0 Å². The van der Waals surface area contributed by atoms with Crippen LogP contribution in [0.1, 0.15) is 48.8 Å². The summed E-state index contributed by atoms with van der Waals surface area (Å²) in [5, 5.41) is 9.11. The van der Waals surface area contributed by atoms with Gasteiger partial charge < -0.3 is 10.0 Å². The van der Waals surface area contributed by atoms with E-state index in [9.17, 15) is 4.79 Å². The molecule has 3 rings (SSSR count). The smallest absolute Gasteiger partial charge is 0.407 e. The first kappa shape index (κ1) is 18.1. The average molecular weight is 339 g/mol. The first-order valence-corrected chi connectivity index (χ1v) is 8.40. The predicted octanol–water partition coefficient (Wildman–Crippen LogP) is 3.73. The second-order valence-corrected chi connectivity index (χ2v) is 6.66. The van der Waals surface area contributed by atoms with Gasteiger partial charge in [-0.25, -0.2) is 4.79 Å². The van der Waals surface area contributed by atoms with E-state index in [4.69, 9.17) is 5.11 Å². The maximum Gasteiger partial charge on any atom is 0.407 e. The number of carbonyl (C=O) groups is 1. The lowest BCUT2D eigenvalue weighted by Crippen LogP contribution is -2.36. The number of halogens is 1. The summed E-state index contributed by atoms with van der Waals surface area (Å²) in [7, 11) is 1.64. The van der Waals surface area contributed by atoms with Crippen molar-refractivity contribution in [1.29, 1.82) is 0 Å². The number of benzene rings is 1. The minimum atomic E-state index is -0.860. The number of likely N-dealkylation sites (tertiary alicyclic amines) is 1. The third kappa shape index (κ3) is 3.48. The van der Waals surface area contributed by atoms with Gasteiger partial charge in [-0.15, -0.1) is 12.4 Å². The molecule has 4 nitrogen and oxygen atoms in total. The minimum absolute atomic E-state index is 0. The van der Waals surface area contributed by atoms with Crippen LogP contribution in [0.4, 0.5) is 4.79 Å². The Morgan fingerprint density at radius 1 is 1.39 bits per heavy atom. The molecular formula is C18H27ClN2O2. The summed E-state index contributed by atoms with van der Waals surface area (Å²) in [4.78, 5) is 15.1. The Balaban J connectivity index is 0.00000192. The average Bonchev–Trinajstić information content (AvgIpc) is 2.91. The second kappa shape index (κ2) is 7.54. The van der Waals surface area contributed by atoms with Crippen LogP contribution in [0.15, 0.2) is 18.2 Å². The van der Waals surface area contributed by atoms with E-state index in [0.717, 1.165) is 6.42 Å². The van der Waals surface area contributed by atoms with Crippen LogP contribution in [0.25, 0.3) is 0 Å². The zero-order valence-corrected chi connectivity index (χ0v) is 14.8. The van der Waals surface area contributed by atoms with Crippen LogP contribution in [-0.4, -0.2) is 47.2 Å². The lowest BCUT2D eigenvalue weighted by molar-refractivity contribution is 0.153. The molecule has 1 heterocycles. The normalized spacial score (nSPS) is 22.9. The van der Waals surface area contributed by atoms with E-state index in [-0.39, 0.29) is 12.4 Å². The van der Waals surface area contributed by atoms with Crippen molar-refractivity contribution < 1.29 is 9.90 Å². The molecule has 1 saturated heterocycles. The number of nitrogens with zero attached hydrogens (tertiary/aromatic N) is 2. The molecule has 5 heteroatoms. The molecule has 0 aromatic heterocycles. The molecular weight excluding hydrogens is 312 g/mol. The lowest BCUT2D eigenvalue weighted by atomic mass is 9.77. The largest absolute Gasteiger partial charge is 0.465 e. The molecule has 0 saturated carbocycles. The molecule has 1 fully saturated rings. The van der Waals surface area contributed by atoms with Crippen LogP contribution >= 0.6 is 12.4 Å². The minimum Gasteiger partial charge on any atom is -0.465 e. The summed E-state index contributed by atoms with van der Waals surface area (Å²) in [6, 6.07) is 7.16. The van der Waals surface area contributed by atoms with Crippen molar-refractivity contribution in [2.45, 2.75) is 51.1 Å². The van der Waals surface area contributed by atoms with Crippen LogP contribution in [0, 0.1) is 0 Å². The molecule has 128 valence electrons. The fourth-order valence-corrected chi connectivity index (χ4v) is 4.30. The van der Waals surface area contributed by atoms with Crippen molar-refractivity contribution in [1.82, 2.24) is 9.80 Å². The Hall–Kier alpha value is -1.26. The fraction of sp³-hybridized carbons (Fsp3) is 0.611. The summed E-state index contributed by atoms with van der Waals surface area (Å²) < 4.78 is 0. The van der Waals surface area contributed by atoms with Crippen LogP contribution in [0.3, 0.4) is 0 Å². The van der Waals surface area contributed by atoms with Gasteiger partial charge in [0.05, 0.1) is 0 Å². The quantitative estimate of drug-likeness (QED) is 0.909. The summed E-state index contributed by atoms with van der Waals surface area (Å²) in [5.41, 5.74) is 4.08. The van der Waals surface area contributed by atoms with Crippen molar-refractivity contribution in [3.05, 3.63) is 34.9 Å². The highest BCUT2D eigenvalue weighted by atomic mass is 35.5. The van der Waals surface area contributed by atoms with Gasteiger partial charge in [0.25, 0.3) is 0 Å². The third-order valence-electron chi connectivity index (χ3n) is 5.30. The first-order valence-electron chi connectivity index (χ1n) is 8.40. The molecule has 1 aromatic rings. The van der Waals surface area contributed by atoms with Gasteiger partial charge >= 0.3 is 6.09 Å². The topological polar surface area (TPSA) is 43.8 Å². The zero-order valence-electron chi connectivity index (χ0n) is 14.0. The lowest BCUT2D eigenvalue weighted by Gasteiger charge is -2.34. The van der Waals surface area contributed by atoms with Crippen LogP contribution < -0.4 is 0 Å². The molecule has 1 amide bonds. The number of hydrogen-bond acceptors (Lipinski definition) is 2. The highest BCUT2D eigenvalue weighted by Crippen LogP contribution is 2.42. The number of fused-ring (bicyclic) bond motifs is 3. The van der Waals surface area contributed by atoms with Crippen molar-refractivity contribution in [2.75, 3.05) is 20.1 Å². The number of amides is 1. The molecule has 1 aliphatic heterocycles. The van der Waals surface area contributed by atoms with Gasteiger partial charge in [0.2, 0.25) is 0 Å². The van der Waals surface area contributed by atoms with E-state index in [1.54, 1.807) is 7.05 Å². The molecule has 23 heavy (non-hydrogen) atoms. The molecule has 0 unspecified atom stereocenters. The van der Waals surface area contributed by atoms with Crippen molar-refractivity contribution in [3.63, 3.8) is 0 Å². The number of hydrogen-bond donors (Lipinski definition) is 1. The number of carboxylic acid groups (broad SMARTS) is 1. The second-order valence-electron chi connectivity index (χ2n) is 6.66. The Morgan fingerprint density at radius 3 is 2.87 bits per heavy atom. The molecule has 0 spiro atoms. The van der Waals surface area contributed by atoms with E-state index < -0.39 is 6.09 Å². The third-order valence-corrected chi connectivity index (χ3v) is 5.30. The highest BCUT2D eigenvalue weighted by Gasteiger charge is 2.38. The van der Waals surface area contributed by atoms with Gasteiger partial charge in [0, 0.05) is 25.6 Å². The Kier molecular flexibility index (Phi) is 5.93. The van der Waals surface area contributed by atoms with E-state index in [1.165, 1.54) is 53.9 Å². The van der Waals surface area contributed by atoms with Gasteiger partial charge in [-0.3, -0.25) is 4.90 Å². The molecule has 1 aliphatic carbocycles. The summed E-state index contributed by atoms with van der Waals surface area (Å²) in [5.74, 6) is 0.644. The standard InChI is InChI=1S/C18H26N2O2.ClH/c1-3-10-20-11-9-16-15-6-4-5-13(12-19(2)18(21)22)14(15)7-8-17(16)20;/h4-6,16-17H,3,7-12H2,1-2H3,(H,21,22);1H/t16-,17+;/m1./s1. The summed E-state index contributed by atoms with van der Waals surface area (Å²) >= 11 is 0. The molecule has 2 atom stereocenters. The Labute approximate surface area is 144 Å². The Morgan fingerprint density at radius 2 is 2.17 bits per heavy atom. The van der Waals surface area contributed by atoms with Gasteiger partial charge in [0.15, 0.2) is 0 Å². The van der Waals surface area contributed by atoms with E-state index in [0.29, 0.717) is 18.5 Å². The molecule has 2 aliphatic rings. The van der Waals surface area contributed by atoms with Crippen molar-refractivity contribution in [3.8, 4) is 0 Å². The Bertz CT molecular complexity index is 564. The number of rotatable bonds is 4. The van der Waals surface area contributed by atoms with Crippen LogP contribution in [0.5, 0.6) is 0 Å². The van der Waals surface area contributed by atoms with Gasteiger partial charge in [-0.1, -0.05) is 25.1 Å². The maximum absolute atomic E-state index is 11.1. The van der Waals surface area contributed by atoms with Gasteiger partial charge in [0.1, 0.15) is 0 Å². The van der Waals surface area contributed by atoms with Crippen molar-refractivity contribution >= 4 is 18.5 Å². The summed E-state index contributed by atoms with van der Waals surface area (Å²) in [6.45, 7) is 5.17. The van der Waals surface area contributed by atoms with E-state index in [1.807, 2.05) is 0 Å². The maximum atomic E-state index is 11.1. The molecule has 1 aromatic carbocycles. The molecule has 1 N–H and O–H groups in total. The van der Waals surface area contributed by atoms with Gasteiger partial charge in [-0.2, -0.15) is 0 Å². The fourth-order valence-electron chi connectivity index (χ4n) is 4.30. The summed E-state index contributed by atoms with van der Waals surface area (Å²) in [6.07, 6.45) is 3.91. The van der Waals surface area contributed by atoms with Crippen molar-refractivity contribution in [2.24, 2.45) is 0 Å². The van der Waals surface area contributed by atoms with E-state index >= 15 is 0 Å². The monoisotopic (exact) mass is 338 g/mol. The predicted molar refractivity (Wildman–Crippen MR) is 94.5 cm³/mol. The SMILES string of the molecule is CCCN1CC[C@@H]2c3cccc(CN(C)C(=O)O)c3CC[C@@H]21.Cl. The van der Waals surface area contributed by atoms with E-state index in [2.05, 4.69) is 30.0 Å².